The smallest absolute Gasteiger partial charge is 0.278 e. The molecule has 0 atom stereocenters. The van der Waals surface area contributed by atoms with Crippen molar-refractivity contribution in [2.75, 3.05) is 6.54 Å². The zero-order valence-electron chi connectivity index (χ0n) is 11.3. The Kier molecular flexibility index (Phi) is 4.34. The van der Waals surface area contributed by atoms with Gasteiger partial charge in [0.25, 0.3) is 5.69 Å². The molecule has 20 heavy (non-hydrogen) atoms. The molecule has 1 N–H and O–H groups in total. The minimum atomic E-state index is -0.409. The van der Waals surface area contributed by atoms with E-state index < -0.39 is 4.92 Å². The maximum Gasteiger partial charge on any atom is 0.278 e. The number of benzene rings is 1. The van der Waals surface area contributed by atoms with Crippen LogP contribution in [0.5, 0.6) is 0 Å². The van der Waals surface area contributed by atoms with Gasteiger partial charge in [0.15, 0.2) is 0 Å². The van der Waals surface area contributed by atoms with E-state index in [0.717, 1.165) is 12.8 Å². The number of carbonyl (C=O) groups is 1. The fraction of sp³-hybridized carbons (Fsp3) is 0.357. The zero-order valence-corrected chi connectivity index (χ0v) is 11.3. The van der Waals surface area contributed by atoms with Crippen LogP contribution in [0.25, 0.3) is 10.9 Å². The number of nitro groups is 1. The van der Waals surface area contributed by atoms with E-state index in [0.29, 0.717) is 17.4 Å². The van der Waals surface area contributed by atoms with Crippen molar-refractivity contribution in [3.63, 3.8) is 0 Å². The number of rotatable bonds is 6. The highest BCUT2D eigenvalue weighted by Gasteiger charge is 2.14. The maximum absolute atomic E-state index is 11.8. The first-order valence-electron chi connectivity index (χ1n) is 6.62. The number of aromatic nitrogens is 1. The van der Waals surface area contributed by atoms with Gasteiger partial charge in [0, 0.05) is 18.8 Å². The first-order chi connectivity index (χ1) is 9.63. The van der Waals surface area contributed by atoms with Crippen molar-refractivity contribution < 1.29 is 9.72 Å². The lowest BCUT2D eigenvalue weighted by Gasteiger charge is -2.06. The average molecular weight is 275 g/mol. The number of carbonyl (C=O) groups excluding carboxylic acids is 1. The molecule has 0 aliphatic heterocycles. The highest BCUT2D eigenvalue weighted by molar-refractivity contribution is 5.90. The fourth-order valence-corrected chi connectivity index (χ4v) is 2.12. The number of nitrogens with zero attached hydrogens (tertiary/aromatic N) is 2. The van der Waals surface area contributed by atoms with Crippen molar-refractivity contribution in [1.82, 2.24) is 9.88 Å². The van der Waals surface area contributed by atoms with Crippen molar-refractivity contribution in [3.05, 3.63) is 40.6 Å². The lowest BCUT2D eigenvalue weighted by molar-refractivity contribution is -0.383. The Bertz CT molecular complexity index is 634. The molecule has 0 aliphatic rings. The molecular weight excluding hydrogens is 258 g/mol. The molecule has 1 amide bonds. The molecule has 1 aromatic heterocycles. The summed E-state index contributed by atoms with van der Waals surface area (Å²) < 4.78 is 1.73. The fourth-order valence-electron chi connectivity index (χ4n) is 2.12. The van der Waals surface area contributed by atoms with Gasteiger partial charge >= 0.3 is 0 Å². The number of fused-ring (bicyclic) bond motifs is 1. The maximum atomic E-state index is 11.8. The lowest BCUT2D eigenvalue weighted by atomic mass is 10.2. The third kappa shape index (κ3) is 2.96. The summed E-state index contributed by atoms with van der Waals surface area (Å²) in [6, 6.07) is 6.55. The second kappa shape index (κ2) is 6.18. The molecule has 2 rings (SSSR count). The largest absolute Gasteiger partial charge is 0.355 e. The summed E-state index contributed by atoms with van der Waals surface area (Å²) in [4.78, 5) is 22.3. The van der Waals surface area contributed by atoms with Gasteiger partial charge in [-0.25, -0.2) is 0 Å². The summed E-state index contributed by atoms with van der Waals surface area (Å²) in [6.07, 6.45) is 3.68. The molecule has 0 saturated carbocycles. The van der Waals surface area contributed by atoms with Crippen molar-refractivity contribution >= 4 is 22.5 Å². The molecule has 0 radical (unpaired) electrons. The monoisotopic (exact) mass is 275 g/mol. The van der Waals surface area contributed by atoms with Gasteiger partial charge in [-0.15, -0.1) is 0 Å². The molecule has 0 bridgehead atoms. The molecule has 0 unspecified atom stereocenters. The predicted molar refractivity (Wildman–Crippen MR) is 76.5 cm³/mol. The Morgan fingerprint density at radius 1 is 1.40 bits per heavy atom. The number of unbranched alkanes of at least 4 members (excludes halogenated alkanes) is 1. The zero-order chi connectivity index (χ0) is 14.5. The van der Waals surface area contributed by atoms with Crippen LogP contribution < -0.4 is 5.32 Å². The van der Waals surface area contributed by atoms with Crippen LogP contribution in [-0.2, 0) is 11.3 Å². The average Bonchev–Trinajstić information content (AvgIpc) is 2.82. The summed E-state index contributed by atoms with van der Waals surface area (Å²) in [6.45, 7) is 2.90. The minimum Gasteiger partial charge on any atom is -0.355 e. The summed E-state index contributed by atoms with van der Waals surface area (Å²) in [5.74, 6) is -0.0811. The molecular formula is C14H17N3O3. The standard InChI is InChI=1S/C14H17N3O3/c1-2-3-8-15-14(18)10-16-9-7-11-12(16)5-4-6-13(11)17(19)20/h4-7,9H,2-3,8,10H2,1H3,(H,15,18). The molecule has 106 valence electrons. The van der Waals surface area contributed by atoms with E-state index >= 15 is 0 Å². The summed E-state index contributed by atoms with van der Waals surface area (Å²) in [5, 5.41) is 14.3. The number of nitro benzene ring substituents is 1. The van der Waals surface area contributed by atoms with Crippen molar-refractivity contribution in [2.24, 2.45) is 0 Å². The van der Waals surface area contributed by atoms with Crippen LogP contribution >= 0.6 is 0 Å². The summed E-state index contributed by atoms with van der Waals surface area (Å²) in [7, 11) is 0. The Hall–Kier alpha value is -2.37. The van der Waals surface area contributed by atoms with Gasteiger partial charge in [0.05, 0.1) is 15.8 Å². The topological polar surface area (TPSA) is 77.2 Å². The Morgan fingerprint density at radius 2 is 2.20 bits per heavy atom. The van der Waals surface area contributed by atoms with E-state index in [1.54, 1.807) is 29.0 Å². The van der Waals surface area contributed by atoms with E-state index in [1.165, 1.54) is 6.07 Å². The second-order valence-electron chi connectivity index (χ2n) is 4.61. The van der Waals surface area contributed by atoms with E-state index in [4.69, 9.17) is 0 Å². The highest BCUT2D eigenvalue weighted by Crippen LogP contribution is 2.26. The third-order valence-electron chi connectivity index (χ3n) is 3.15. The molecule has 0 aliphatic carbocycles. The molecule has 0 saturated heterocycles. The predicted octanol–water partition coefficient (Wildman–Crippen LogP) is 2.47. The van der Waals surface area contributed by atoms with Crippen LogP contribution in [0.1, 0.15) is 19.8 Å². The van der Waals surface area contributed by atoms with Gasteiger partial charge in [-0.1, -0.05) is 19.4 Å². The van der Waals surface area contributed by atoms with Gasteiger partial charge in [-0.3, -0.25) is 14.9 Å². The first kappa shape index (κ1) is 14.0. The van der Waals surface area contributed by atoms with Crippen molar-refractivity contribution in [3.8, 4) is 0 Å². The van der Waals surface area contributed by atoms with E-state index in [-0.39, 0.29) is 18.1 Å². The quantitative estimate of drug-likeness (QED) is 0.500. The number of hydrogen-bond acceptors (Lipinski definition) is 3. The molecule has 6 nitrogen and oxygen atoms in total. The molecule has 6 heteroatoms. The Balaban J connectivity index is 2.17. The Labute approximate surface area is 116 Å². The summed E-state index contributed by atoms with van der Waals surface area (Å²) >= 11 is 0. The van der Waals surface area contributed by atoms with Gasteiger partial charge in [-0.05, 0) is 18.6 Å². The van der Waals surface area contributed by atoms with Gasteiger partial charge in [-0.2, -0.15) is 0 Å². The molecule has 0 fully saturated rings. The van der Waals surface area contributed by atoms with Crippen LogP contribution in [0.15, 0.2) is 30.5 Å². The van der Waals surface area contributed by atoms with E-state index in [2.05, 4.69) is 12.2 Å². The number of nitrogens with one attached hydrogen (secondary N) is 1. The molecule has 2 aromatic rings. The van der Waals surface area contributed by atoms with Crippen LogP contribution in [0.2, 0.25) is 0 Å². The summed E-state index contributed by atoms with van der Waals surface area (Å²) in [5.41, 5.74) is 0.762. The molecule has 1 aromatic carbocycles. The highest BCUT2D eigenvalue weighted by atomic mass is 16.6. The van der Waals surface area contributed by atoms with Gasteiger partial charge in [0.2, 0.25) is 5.91 Å². The van der Waals surface area contributed by atoms with Gasteiger partial charge in [0.1, 0.15) is 6.54 Å². The van der Waals surface area contributed by atoms with Crippen molar-refractivity contribution in [1.29, 1.82) is 0 Å². The van der Waals surface area contributed by atoms with E-state index in [1.807, 2.05) is 0 Å². The van der Waals surface area contributed by atoms with Crippen molar-refractivity contribution in [2.45, 2.75) is 26.3 Å². The SMILES string of the molecule is CCCCNC(=O)Cn1ccc2c([N+](=O)[O-])cccc21. The second-order valence-corrected chi connectivity index (χ2v) is 4.61. The van der Waals surface area contributed by atoms with Crippen LogP contribution in [0.3, 0.4) is 0 Å². The number of non-ortho nitro benzene ring substituents is 1. The molecule has 1 heterocycles. The van der Waals surface area contributed by atoms with E-state index in [9.17, 15) is 14.9 Å². The number of hydrogen-bond donors (Lipinski definition) is 1. The normalized spacial score (nSPS) is 10.7. The minimum absolute atomic E-state index is 0.0626. The number of amides is 1. The lowest BCUT2D eigenvalue weighted by Crippen LogP contribution is -2.28. The molecule has 0 spiro atoms. The Morgan fingerprint density at radius 3 is 2.90 bits per heavy atom. The van der Waals surface area contributed by atoms with Crippen LogP contribution in [0, 0.1) is 10.1 Å². The van der Waals surface area contributed by atoms with Crippen LogP contribution in [-0.4, -0.2) is 21.9 Å². The third-order valence-corrected chi connectivity index (χ3v) is 3.15. The van der Waals surface area contributed by atoms with Gasteiger partial charge < -0.3 is 9.88 Å². The first-order valence-corrected chi connectivity index (χ1v) is 6.62. The van der Waals surface area contributed by atoms with Crippen LogP contribution in [0.4, 0.5) is 5.69 Å².